The summed E-state index contributed by atoms with van der Waals surface area (Å²) in [7, 11) is 0. The molecule has 0 aliphatic heterocycles. The van der Waals surface area contributed by atoms with E-state index in [1.54, 1.807) is 0 Å². The van der Waals surface area contributed by atoms with Gasteiger partial charge in [-0.15, -0.1) is 17.0 Å². The lowest BCUT2D eigenvalue weighted by Crippen LogP contribution is -2.49. The molecule has 29 heavy (non-hydrogen) atoms. The summed E-state index contributed by atoms with van der Waals surface area (Å²) >= 11 is 0. The summed E-state index contributed by atoms with van der Waals surface area (Å²) in [6.45, 7) is 11.5. The maximum absolute atomic E-state index is 6.58. The maximum Gasteiger partial charge on any atom is 0.0151 e. The molecule has 1 atom stereocenters. The zero-order chi connectivity index (χ0) is 21.1. The lowest BCUT2D eigenvalue weighted by atomic mass is 9.67. The maximum atomic E-state index is 6.58. The third-order valence-corrected chi connectivity index (χ3v) is 7.22. The highest BCUT2D eigenvalue weighted by atomic mass is 79.9. The molecule has 0 saturated heterocycles. The van der Waals surface area contributed by atoms with E-state index in [1.165, 1.54) is 128 Å². The molecule has 0 aromatic carbocycles. The predicted octanol–water partition coefficient (Wildman–Crippen LogP) is 10.1. The van der Waals surface area contributed by atoms with Crippen LogP contribution < -0.4 is 5.73 Å². The fourth-order valence-corrected chi connectivity index (χ4v) is 4.42. The molecule has 0 saturated carbocycles. The second-order valence-electron chi connectivity index (χ2n) is 10.4. The molecular formula is C27H58BrN. The molecule has 0 aromatic heterocycles. The average Bonchev–Trinajstić information content (AvgIpc) is 2.64. The van der Waals surface area contributed by atoms with Crippen molar-refractivity contribution in [2.24, 2.45) is 11.1 Å². The van der Waals surface area contributed by atoms with Crippen molar-refractivity contribution < 1.29 is 0 Å². The van der Waals surface area contributed by atoms with Crippen LogP contribution in [0.4, 0.5) is 0 Å². The zero-order valence-corrected chi connectivity index (χ0v) is 22.8. The Kier molecular flexibility index (Phi) is 22.2. The highest BCUT2D eigenvalue weighted by Gasteiger charge is 2.36. The van der Waals surface area contributed by atoms with Gasteiger partial charge in [0.25, 0.3) is 0 Å². The second kappa shape index (κ2) is 20.3. The smallest absolute Gasteiger partial charge is 0.0151 e. The van der Waals surface area contributed by atoms with Gasteiger partial charge in [-0.3, -0.25) is 0 Å². The molecule has 2 N–H and O–H groups in total. The number of nitrogens with two attached hydrogens (primary N) is 1. The van der Waals surface area contributed by atoms with E-state index in [4.69, 9.17) is 5.73 Å². The second-order valence-corrected chi connectivity index (χ2v) is 10.4. The standard InChI is InChI=1S/C27H57N.BrH/c1-6-8-10-12-13-14-15-16-17-18-19-20-21-23-25-27(5,26(3,4)28)24-22-11-9-7-2;/h6-25,28H2,1-5H3;1H. The van der Waals surface area contributed by atoms with Crippen LogP contribution >= 0.6 is 17.0 Å². The SMILES string of the molecule is Br.CCCCCCCCCCCCCCCCC(C)(CCCCCC)C(C)(C)N. The van der Waals surface area contributed by atoms with Crippen LogP contribution in [0.1, 0.15) is 163 Å². The van der Waals surface area contributed by atoms with Gasteiger partial charge in [0.1, 0.15) is 0 Å². The van der Waals surface area contributed by atoms with Gasteiger partial charge in [0.15, 0.2) is 0 Å². The van der Waals surface area contributed by atoms with Crippen molar-refractivity contribution in [3.8, 4) is 0 Å². The molecule has 178 valence electrons. The van der Waals surface area contributed by atoms with Crippen molar-refractivity contribution in [1.82, 2.24) is 0 Å². The first-order valence-corrected chi connectivity index (χ1v) is 13.2. The van der Waals surface area contributed by atoms with Gasteiger partial charge in [-0.05, 0) is 32.1 Å². The van der Waals surface area contributed by atoms with Crippen LogP contribution in [-0.2, 0) is 0 Å². The van der Waals surface area contributed by atoms with Crippen LogP contribution in [0.15, 0.2) is 0 Å². The van der Waals surface area contributed by atoms with Crippen molar-refractivity contribution in [2.75, 3.05) is 0 Å². The van der Waals surface area contributed by atoms with Gasteiger partial charge in [0, 0.05) is 5.54 Å². The molecule has 0 bridgehead atoms. The summed E-state index contributed by atoms with van der Waals surface area (Å²) in [5.74, 6) is 0. The van der Waals surface area contributed by atoms with E-state index >= 15 is 0 Å². The fourth-order valence-electron chi connectivity index (χ4n) is 4.42. The summed E-state index contributed by atoms with van der Waals surface area (Å²) in [5.41, 5.74) is 6.83. The third-order valence-electron chi connectivity index (χ3n) is 7.22. The molecule has 0 rings (SSSR count). The number of hydrogen-bond donors (Lipinski definition) is 1. The molecule has 0 radical (unpaired) electrons. The van der Waals surface area contributed by atoms with E-state index < -0.39 is 0 Å². The van der Waals surface area contributed by atoms with Gasteiger partial charge in [-0.25, -0.2) is 0 Å². The van der Waals surface area contributed by atoms with Crippen LogP contribution in [0, 0.1) is 5.41 Å². The Morgan fingerprint density at radius 1 is 0.448 bits per heavy atom. The van der Waals surface area contributed by atoms with Gasteiger partial charge in [-0.1, -0.05) is 136 Å². The van der Waals surface area contributed by atoms with E-state index in [0.29, 0.717) is 5.41 Å². The monoisotopic (exact) mass is 475 g/mol. The lowest BCUT2D eigenvalue weighted by Gasteiger charge is -2.42. The molecule has 0 aliphatic carbocycles. The number of halogens is 1. The van der Waals surface area contributed by atoms with Crippen molar-refractivity contribution in [3.05, 3.63) is 0 Å². The van der Waals surface area contributed by atoms with E-state index in [0.717, 1.165) is 0 Å². The van der Waals surface area contributed by atoms with Gasteiger partial charge >= 0.3 is 0 Å². The first-order chi connectivity index (χ1) is 13.4. The Labute approximate surface area is 196 Å². The molecule has 0 aromatic rings. The van der Waals surface area contributed by atoms with E-state index in [1.807, 2.05) is 0 Å². The van der Waals surface area contributed by atoms with E-state index in [2.05, 4.69) is 34.6 Å². The molecular weight excluding hydrogens is 418 g/mol. The van der Waals surface area contributed by atoms with Crippen molar-refractivity contribution in [1.29, 1.82) is 0 Å². The molecule has 0 fully saturated rings. The first kappa shape index (κ1) is 31.6. The third kappa shape index (κ3) is 17.8. The minimum atomic E-state index is -0.0598. The van der Waals surface area contributed by atoms with Crippen LogP contribution in [0.3, 0.4) is 0 Å². The van der Waals surface area contributed by atoms with Crippen molar-refractivity contribution >= 4 is 17.0 Å². The highest BCUT2D eigenvalue weighted by molar-refractivity contribution is 8.93. The van der Waals surface area contributed by atoms with Crippen molar-refractivity contribution in [3.63, 3.8) is 0 Å². The summed E-state index contributed by atoms with van der Waals surface area (Å²) in [6.07, 6.45) is 28.1. The lowest BCUT2D eigenvalue weighted by molar-refractivity contribution is 0.135. The van der Waals surface area contributed by atoms with Crippen LogP contribution in [0.2, 0.25) is 0 Å². The van der Waals surface area contributed by atoms with E-state index in [-0.39, 0.29) is 22.5 Å². The van der Waals surface area contributed by atoms with Gasteiger partial charge in [-0.2, -0.15) is 0 Å². The Balaban J connectivity index is 0. The Morgan fingerprint density at radius 3 is 0.966 bits per heavy atom. The highest BCUT2D eigenvalue weighted by Crippen LogP contribution is 2.39. The molecule has 0 heterocycles. The van der Waals surface area contributed by atoms with E-state index in [9.17, 15) is 0 Å². The normalized spacial score (nSPS) is 13.9. The number of hydrogen-bond acceptors (Lipinski definition) is 1. The predicted molar refractivity (Wildman–Crippen MR) is 140 cm³/mol. The minimum Gasteiger partial charge on any atom is -0.325 e. The largest absolute Gasteiger partial charge is 0.325 e. The molecule has 0 amide bonds. The Morgan fingerprint density at radius 2 is 0.690 bits per heavy atom. The minimum absolute atomic E-state index is 0. The topological polar surface area (TPSA) is 26.0 Å². The van der Waals surface area contributed by atoms with Crippen LogP contribution in [0.25, 0.3) is 0 Å². The molecule has 0 spiro atoms. The summed E-state index contributed by atoms with van der Waals surface area (Å²) in [4.78, 5) is 0. The van der Waals surface area contributed by atoms with Crippen molar-refractivity contribution in [2.45, 2.75) is 169 Å². The van der Waals surface area contributed by atoms with Crippen LogP contribution in [0.5, 0.6) is 0 Å². The van der Waals surface area contributed by atoms with Crippen LogP contribution in [-0.4, -0.2) is 5.54 Å². The quantitative estimate of drug-likeness (QED) is 0.164. The zero-order valence-electron chi connectivity index (χ0n) is 21.1. The summed E-state index contributed by atoms with van der Waals surface area (Å²) in [5, 5.41) is 0. The summed E-state index contributed by atoms with van der Waals surface area (Å²) < 4.78 is 0. The number of rotatable bonds is 21. The first-order valence-electron chi connectivity index (χ1n) is 13.2. The Bertz CT molecular complexity index is 323. The number of unbranched alkanes of at least 4 members (excludes halogenated alkanes) is 16. The summed E-state index contributed by atoms with van der Waals surface area (Å²) in [6, 6.07) is 0. The molecule has 1 nitrogen and oxygen atoms in total. The Hall–Kier alpha value is 0.440. The fraction of sp³-hybridized carbons (Fsp3) is 1.00. The van der Waals surface area contributed by atoms with Gasteiger partial charge in [0.05, 0.1) is 0 Å². The molecule has 0 aliphatic rings. The average molecular weight is 477 g/mol. The molecule has 2 heteroatoms. The molecule has 1 unspecified atom stereocenters. The van der Waals surface area contributed by atoms with Gasteiger partial charge < -0.3 is 5.73 Å². The van der Waals surface area contributed by atoms with Gasteiger partial charge in [0.2, 0.25) is 0 Å².